The number of hydrogen-bond acceptors (Lipinski definition) is 3. The molecule has 0 saturated carbocycles. The second kappa shape index (κ2) is 3.01. The van der Waals surface area contributed by atoms with E-state index < -0.39 is 0 Å². The zero-order valence-electron chi connectivity index (χ0n) is 6.12. The summed E-state index contributed by atoms with van der Waals surface area (Å²) in [4.78, 5) is 4.12. The molecule has 0 amide bonds. The number of aliphatic hydroxyl groups is 1. The third-order valence-electron chi connectivity index (χ3n) is 1.63. The third-order valence-corrected chi connectivity index (χ3v) is 2.81. The number of aromatic nitrogens is 1. The highest BCUT2D eigenvalue weighted by Gasteiger charge is 2.03. The summed E-state index contributed by atoms with van der Waals surface area (Å²) < 4.78 is 1.06. The second-order valence-electron chi connectivity index (χ2n) is 2.40. The molecule has 0 aromatic carbocycles. The van der Waals surface area contributed by atoms with Crippen LogP contribution in [0.25, 0.3) is 10.2 Å². The van der Waals surface area contributed by atoms with Crippen molar-refractivity contribution in [3.8, 4) is 0 Å². The van der Waals surface area contributed by atoms with Crippen molar-refractivity contribution in [2.75, 3.05) is 0 Å². The van der Waals surface area contributed by atoms with Crippen molar-refractivity contribution in [2.45, 2.75) is 6.61 Å². The van der Waals surface area contributed by atoms with Gasteiger partial charge in [0.1, 0.15) is 5.15 Å². The Morgan fingerprint density at radius 2 is 2.42 bits per heavy atom. The van der Waals surface area contributed by atoms with Crippen molar-refractivity contribution in [1.82, 2.24) is 4.98 Å². The number of fused-ring (bicyclic) bond motifs is 1. The maximum atomic E-state index is 8.90. The fourth-order valence-corrected chi connectivity index (χ4v) is 2.01. The van der Waals surface area contributed by atoms with Crippen LogP contribution >= 0.6 is 22.9 Å². The Hall–Kier alpha value is -0.640. The summed E-state index contributed by atoms with van der Waals surface area (Å²) in [6.45, 7) is -0.0559. The molecule has 0 aliphatic rings. The van der Waals surface area contributed by atoms with E-state index in [-0.39, 0.29) is 6.61 Å². The van der Waals surface area contributed by atoms with Gasteiger partial charge in [0.2, 0.25) is 0 Å². The molecule has 1 N–H and O–H groups in total. The van der Waals surface area contributed by atoms with Crippen molar-refractivity contribution < 1.29 is 5.11 Å². The first kappa shape index (κ1) is 7.98. The summed E-state index contributed by atoms with van der Waals surface area (Å²) in [6, 6.07) is 3.78. The Morgan fingerprint density at radius 3 is 3.17 bits per heavy atom. The first-order valence-electron chi connectivity index (χ1n) is 3.45. The van der Waals surface area contributed by atoms with Crippen molar-refractivity contribution in [3.05, 3.63) is 28.2 Å². The van der Waals surface area contributed by atoms with Gasteiger partial charge in [0.25, 0.3) is 0 Å². The SMILES string of the molecule is OCc1cc2sccc2nc1Cl. The molecule has 0 radical (unpaired) electrons. The number of thiophene rings is 1. The monoisotopic (exact) mass is 199 g/mol. The highest BCUT2D eigenvalue weighted by molar-refractivity contribution is 7.17. The van der Waals surface area contributed by atoms with Crippen LogP contribution in [0.5, 0.6) is 0 Å². The molecule has 62 valence electrons. The largest absolute Gasteiger partial charge is 0.392 e. The lowest BCUT2D eigenvalue weighted by atomic mass is 10.3. The molecular weight excluding hydrogens is 194 g/mol. The molecule has 0 unspecified atom stereocenters. The van der Waals surface area contributed by atoms with Gasteiger partial charge in [0.15, 0.2) is 0 Å². The number of rotatable bonds is 1. The Morgan fingerprint density at radius 1 is 1.58 bits per heavy atom. The highest BCUT2D eigenvalue weighted by atomic mass is 35.5. The Balaban J connectivity index is 2.73. The number of hydrogen-bond donors (Lipinski definition) is 1. The quantitative estimate of drug-likeness (QED) is 0.716. The molecule has 0 aliphatic heterocycles. The van der Waals surface area contributed by atoms with Crippen molar-refractivity contribution in [2.24, 2.45) is 0 Å². The average Bonchev–Trinajstić information content (AvgIpc) is 2.49. The fraction of sp³-hybridized carbons (Fsp3) is 0.125. The van der Waals surface area contributed by atoms with Gasteiger partial charge in [0, 0.05) is 5.56 Å². The van der Waals surface area contributed by atoms with Crippen molar-refractivity contribution in [3.63, 3.8) is 0 Å². The maximum absolute atomic E-state index is 8.90. The molecule has 4 heteroatoms. The molecule has 0 spiro atoms. The van der Waals surface area contributed by atoms with E-state index in [1.54, 1.807) is 11.3 Å². The van der Waals surface area contributed by atoms with Gasteiger partial charge < -0.3 is 5.11 Å². The van der Waals surface area contributed by atoms with Crippen LogP contribution in [0, 0.1) is 0 Å². The van der Waals surface area contributed by atoms with Gasteiger partial charge in [-0.05, 0) is 17.5 Å². The molecule has 0 fully saturated rings. The molecule has 2 rings (SSSR count). The zero-order chi connectivity index (χ0) is 8.55. The zero-order valence-corrected chi connectivity index (χ0v) is 7.69. The average molecular weight is 200 g/mol. The molecule has 0 aliphatic carbocycles. The van der Waals surface area contributed by atoms with Gasteiger partial charge in [-0.3, -0.25) is 0 Å². The molecule has 2 heterocycles. The van der Waals surface area contributed by atoms with E-state index in [1.807, 2.05) is 17.5 Å². The third kappa shape index (κ3) is 1.20. The van der Waals surface area contributed by atoms with Crippen LogP contribution in [0.2, 0.25) is 5.15 Å². The smallest absolute Gasteiger partial charge is 0.135 e. The van der Waals surface area contributed by atoms with E-state index in [0.29, 0.717) is 10.7 Å². The predicted molar refractivity (Wildman–Crippen MR) is 50.6 cm³/mol. The topological polar surface area (TPSA) is 33.1 Å². The number of aliphatic hydroxyl groups excluding tert-OH is 1. The molecule has 0 saturated heterocycles. The van der Waals surface area contributed by atoms with Gasteiger partial charge in [0.05, 0.1) is 16.8 Å². The lowest BCUT2D eigenvalue weighted by molar-refractivity contribution is 0.281. The summed E-state index contributed by atoms with van der Waals surface area (Å²) in [5.74, 6) is 0. The summed E-state index contributed by atoms with van der Waals surface area (Å²) in [5.41, 5.74) is 1.58. The van der Waals surface area contributed by atoms with Gasteiger partial charge in [-0.2, -0.15) is 0 Å². The van der Waals surface area contributed by atoms with Crippen LogP contribution in [0.4, 0.5) is 0 Å². The van der Waals surface area contributed by atoms with Crippen LogP contribution < -0.4 is 0 Å². The standard InChI is InChI=1S/C8H6ClNOS/c9-8-5(4-11)3-7-6(10-8)1-2-12-7/h1-3,11H,4H2. The van der Waals surface area contributed by atoms with Gasteiger partial charge in [-0.1, -0.05) is 11.6 Å². The van der Waals surface area contributed by atoms with E-state index in [9.17, 15) is 0 Å². The molecule has 0 atom stereocenters. The molecule has 2 nitrogen and oxygen atoms in total. The Labute approximate surface area is 78.4 Å². The summed E-state index contributed by atoms with van der Waals surface area (Å²) >= 11 is 7.39. The minimum absolute atomic E-state index is 0.0559. The molecular formula is C8H6ClNOS. The normalized spacial score (nSPS) is 10.8. The van der Waals surface area contributed by atoms with Crippen LogP contribution in [0.1, 0.15) is 5.56 Å². The lowest BCUT2D eigenvalue weighted by Gasteiger charge is -1.98. The van der Waals surface area contributed by atoms with E-state index >= 15 is 0 Å². The van der Waals surface area contributed by atoms with Crippen molar-refractivity contribution >= 4 is 33.2 Å². The summed E-state index contributed by atoms with van der Waals surface area (Å²) in [7, 11) is 0. The van der Waals surface area contributed by atoms with E-state index in [2.05, 4.69) is 4.98 Å². The van der Waals surface area contributed by atoms with E-state index in [1.165, 1.54) is 0 Å². The van der Waals surface area contributed by atoms with Gasteiger partial charge >= 0.3 is 0 Å². The summed E-state index contributed by atoms with van der Waals surface area (Å²) in [6.07, 6.45) is 0. The first-order valence-corrected chi connectivity index (χ1v) is 4.70. The second-order valence-corrected chi connectivity index (χ2v) is 3.71. The molecule has 0 bridgehead atoms. The first-order chi connectivity index (χ1) is 5.81. The van der Waals surface area contributed by atoms with Crippen LogP contribution in [0.3, 0.4) is 0 Å². The number of nitrogens with zero attached hydrogens (tertiary/aromatic N) is 1. The maximum Gasteiger partial charge on any atom is 0.135 e. The lowest BCUT2D eigenvalue weighted by Crippen LogP contribution is -1.87. The Bertz CT molecular complexity index is 412. The van der Waals surface area contributed by atoms with Gasteiger partial charge in [-0.25, -0.2) is 4.98 Å². The minimum Gasteiger partial charge on any atom is -0.392 e. The predicted octanol–water partition coefficient (Wildman–Crippen LogP) is 2.44. The van der Waals surface area contributed by atoms with E-state index in [0.717, 1.165) is 10.2 Å². The minimum atomic E-state index is -0.0559. The number of halogens is 1. The Kier molecular flexibility index (Phi) is 2.00. The van der Waals surface area contributed by atoms with Crippen LogP contribution in [-0.4, -0.2) is 10.1 Å². The number of pyridine rings is 1. The molecule has 12 heavy (non-hydrogen) atoms. The molecule has 2 aromatic rings. The van der Waals surface area contributed by atoms with Crippen molar-refractivity contribution in [1.29, 1.82) is 0 Å². The highest BCUT2D eigenvalue weighted by Crippen LogP contribution is 2.24. The summed E-state index contributed by atoms with van der Waals surface area (Å²) in [5, 5.41) is 11.2. The van der Waals surface area contributed by atoms with Gasteiger partial charge in [-0.15, -0.1) is 11.3 Å². The van der Waals surface area contributed by atoms with Crippen LogP contribution in [-0.2, 0) is 6.61 Å². The van der Waals surface area contributed by atoms with Crippen LogP contribution in [0.15, 0.2) is 17.5 Å². The molecule has 2 aromatic heterocycles. The van der Waals surface area contributed by atoms with E-state index in [4.69, 9.17) is 16.7 Å². The fourth-order valence-electron chi connectivity index (χ4n) is 1.02.